The number of pyridine rings is 1. The second-order valence-corrected chi connectivity index (χ2v) is 5.20. The topological polar surface area (TPSA) is 50.3 Å². The van der Waals surface area contributed by atoms with Crippen molar-refractivity contribution in [1.82, 2.24) is 9.88 Å². The number of carbonyl (C=O) groups excluding carboxylic acids is 2. The molecule has 0 fully saturated rings. The summed E-state index contributed by atoms with van der Waals surface area (Å²) in [5.74, 6) is -4.85. The lowest BCUT2D eigenvalue weighted by Gasteiger charge is -2.22. The zero-order valence-corrected chi connectivity index (χ0v) is 11.8. The second-order valence-electron chi connectivity index (χ2n) is 4.82. The maximum atomic E-state index is 14.3. The fraction of sp³-hybridized carbons (Fsp3) is 0.133. The minimum Gasteiger partial charge on any atom is -0.269 e. The van der Waals surface area contributed by atoms with E-state index in [1.807, 2.05) is 0 Å². The Balaban J connectivity index is 1.89. The lowest BCUT2D eigenvalue weighted by Crippen LogP contribution is -2.39. The largest absolute Gasteiger partial charge is 0.292 e. The van der Waals surface area contributed by atoms with Crippen LogP contribution in [0.15, 0.2) is 42.6 Å². The van der Waals surface area contributed by atoms with Crippen molar-refractivity contribution in [2.24, 2.45) is 0 Å². The number of fused-ring (bicyclic) bond motifs is 1. The van der Waals surface area contributed by atoms with Crippen LogP contribution in [0, 0.1) is 0 Å². The smallest absolute Gasteiger partial charge is 0.269 e. The molecule has 3 rings (SSSR count). The summed E-state index contributed by atoms with van der Waals surface area (Å²) < 4.78 is 28.6. The van der Waals surface area contributed by atoms with Crippen molar-refractivity contribution in [3.8, 4) is 0 Å². The molecule has 0 N–H and O–H groups in total. The van der Waals surface area contributed by atoms with E-state index >= 15 is 0 Å². The highest BCUT2D eigenvalue weighted by Crippen LogP contribution is 2.32. The first-order valence-electron chi connectivity index (χ1n) is 6.35. The Morgan fingerprint density at radius 1 is 1.05 bits per heavy atom. The number of nitrogens with zero attached hydrogens (tertiary/aromatic N) is 2. The molecule has 4 nitrogen and oxygen atoms in total. The number of amides is 2. The van der Waals surface area contributed by atoms with Crippen molar-refractivity contribution in [3.63, 3.8) is 0 Å². The highest BCUT2D eigenvalue weighted by molar-refractivity contribution is 6.29. The Labute approximate surface area is 129 Å². The third-order valence-corrected chi connectivity index (χ3v) is 3.61. The molecule has 7 heteroatoms. The number of halogens is 3. The van der Waals surface area contributed by atoms with Crippen LogP contribution >= 0.6 is 11.6 Å². The summed E-state index contributed by atoms with van der Waals surface area (Å²) in [6, 6.07) is 8.39. The molecule has 0 bridgehead atoms. The van der Waals surface area contributed by atoms with Gasteiger partial charge < -0.3 is 0 Å². The van der Waals surface area contributed by atoms with Crippen LogP contribution in [0.2, 0.25) is 5.15 Å². The SMILES string of the molecule is O=C1c2ccccc2C(=O)N1CC(F)(F)c1ccc(Cl)nc1. The molecule has 0 atom stereocenters. The first-order chi connectivity index (χ1) is 10.4. The fourth-order valence-electron chi connectivity index (χ4n) is 2.26. The monoisotopic (exact) mass is 322 g/mol. The van der Waals surface area contributed by atoms with Crippen molar-refractivity contribution in [1.29, 1.82) is 0 Å². The highest BCUT2D eigenvalue weighted by atomic mass is 35.5. The molecule has 2 heterocycles. The molecule has 0 radical (unpaired) electrons. The average Bonchev–Trinajstić information content (AvgIpc) is 2.73. The number of hydrogen-bond acceptors (Lipinski definition) is 3. The van der Waals surface area contributed by atoms with Gasteiger partial charge in [-0.25, -0.2) is 4.98 Å². The van der Waals surface area contributed by atoms with Crippen LogP contribution in [0.4, 0.5) is 8.78 Å². The third kappa shape index (κ3) is 2.35. The molecule has 22 heavy (non-hydrogen) atoms. The normalized spacial score (nSPS) is 14.4. The minimum atomic E-state index is -3.41. The maximum Gasteiger partial charge on any atom is 0.292 e. The van der Waals surface area contributed by atoms with Gasteiger partial charge in [0.2, 0.25) is 0 Å². The average molecular weight is 323 g/mol. The van der Waals surface area contributed by atoms with Crippen LogP contribution < -0.4 is 0 Å². The Morgan fingerprint density at radius 3 is 2.14 bits per heavy atom. The summed E-state index contributed by atoms with van der Waals surface area (Å²) in [7, 11) is 0. The molecule has 1 aromatic carbocycles. The Morgan fingerprint density at radius 2 is 1.64 bits per heavy atom. The molecule has 0 saturated carbocycles. The molecule has 2 amide bonds. The molecular formula is C15H9ClF2N2O2. The summed E-state index contributed by atoms with van der Waals surface area (Å²) in [4.78, 5) is 28.4. The van der Waals surface area contributed by atoms with Gasteiger partial charge in [-0.15, -0.1) is 0 Å². The molecule has 0 spiro atoms. The van der Waals surface area contributed by atoms with E-state index in [2.05, 4.69) is 4.98 Å². The van der Waals surface area contributed by atoms with Gasteiger partial charge in [-0.2, -0.15) is 8.78 Å². The molecule has 112 valence electrons. The summed E-state index contributed by atoms with van der Waals surface area (Å²) in [6.45, 7) is -1.04. The van der Waals surface area contributed by atoms with E-state index in [0.29, 0.717) is 4.90 Å². The number of benzene rings is 1. The third-order valence-electron chi connectivity index (χ3n) is 3.38. The van der Waals surface area contributed by atoms with E-state index < -0.39 is 29.8 Å². The molecule has 0 aliphatic carbocycles. The molecule has 2 aromatic rings. The molecule has 1 aromatic heterocycles. The van der Waals surface area contributed by atoms with Crippen LogP contribution in [0.25, 0.3) is 0 Å². The number of hydrogen-bond donors (Lipinski definition) is 0. The Kier molecular flexibility index (Phi) is 3.41. The molecule has 0 unspecified atom stereocenters. The van der Waals surface area contributed by atoms with Gasteiger partial charge in [-0.1, -0.05) is 23.7 Å². The van der Waals surface area contributed by atoms with E-state index in [-0.39, 0.29) is 16.3 Å². The van der Waals surface area contributed by atoms with Gasteiger partial charge in [0.25, 0.3) is 17.7 Å². The lowest BCUT2D eigenvalue weighted by atomic mass is 10.1. The molecular weight excluding hydrogens is 314 g/mol. The molecule has 0 saturated heterocycles. The van der Waals surface area contributed by atoms with Gasteiger partial charge in [0.1, 0.15) is 5.15 Å². The predicted octanol–water partition coefficient (Wildman–Crippen LogP) is 3.12. The second kappa shape index (κ2) is 5.14. The van der Waals surface area contributed by atoms with Gasteiger partial charge in [0, 0.05) is 11.8 Å². The van der Waals surface area contributed by atoms with Crippen LogP contribution in [-0.4, -0.2) is 28.2 Å². The zero-order chi connectivity index (χ0) is 15.9. The highest BCUT2D eigenvalue weighted by Gasteiger charge is 2.43. The van der Waals surface area contributed by atoms with E-state index in [4.69, 9.17) is 11.6 Å². The van der Waals surface area contributed by atoms with Crippen LogP contribution in [0.5, 0.6) is 0 Å². The van der Waals surface area contributed by atoms with Crippen LogP contribution in [0.1, 0.15) is 26.3 Å². The summed E-state index contributed by atoms with van der Waals surface area (Å²) >= 11 is 5.56. The lowest BCUT2D eigenvalue weighted by molar-refractivity contribution is -0.0277. The molecule has 1 aliphatic heterocycles. The van der Waals surface area contributed by atoms with Gasteiger partial charge in [-0.05, 0) is 24.3 Å². The maximum absolute atomic E-state index is 14.3. The van der Waals surface area contributed by atoms with E-state index in [1.165, 1.54) is 18.2 Å². The van der Waals surface area contributed by atoms with Gasteiger partial charge in [0.15, 0.2) is 0 Å². The zero-order valence-electron chi connectivity index (χ0n) is 11.1. The van der Waals surface area contributed by atoms with E-state index in [1.54, 1.807) is 12.1 Å². The summed E-state index contributed by atoms with van der Waals surface area (Å²) in [5, 5.41) is 0.0836. The van der Waals surface area contributed by atoms with Crippen LogP contribution in [-0.2, 0) is 5.92 Å². The summed E-state index contributed by atoms with van der Waals surface area (Å²) in [5.41, 5.74) is -0.136. The first-order valence-corrected chi connectivity index (χ1v) is 6.73. The molecule has 1 aliphatic rings. The Hall–Kier alpha value is -2.34. The number of carbonyl (C=O) groups is 2. The summed E-state index contributed by atoms with van der Waals surface area (Å²) in [6.07, 6.45) is 0.931. The van der Waals surface area contributed by atoms with Crippen molar-refractivity contribution in [2.45, 2.75) is 5.92 Å². The fourth-order valence-corrected chi connectivity index (χ4v) is 2.38. The number of rotatable bonds is 3. The quantitative estimate of drug-likeness (QED) is 0.644. The predicted molar refractivity (Wildman–Crippen MR) is 75.0 cm³/mol. The minimum absolute atomic E-state index is 0.0836. The number of imide groups is 1. The number of aromatic nitrogens is 1. The van der Waals surface area contributed by atoms with Crippen molar-refractivity contribution in [3.05, 3.63) is 64.4 Å². The standard InChI is InChI=1S/C15H9ClF2N2O2/c16-12-6-5-9(7-19-12)15(17,18)8-20-13(21)10-3-1-2-4-11(10)14(20)22/h1-7H,8H2. The van der Waals surface area contributed by atoms with Crippen molar-refractivity contribution >= 4 is 23.4 Å². The van der Waals surface area contributed by atoms with Crippen molar-refractivity contribution in [2.75, 3.05) is 6.54 Å². The van der Waals surface area contributed by atoms with Crippen LogP contribution in [0.3, 0.4) is 0 Å². The van der Waals surface area contributed by atoms with E-state index in [9.17, 15) is 18.4 Å². The number of alkyl halides is 2. The van der Waals surface area contributed by atoms with Gasteiger partial charge in [0.05, 0.1) is 17.7 Å². The van der Waals surface area contributed by atoms with Gasteiger partial charge in [-0.3, -0.25) is 14.5 Å². The van der Waals surface area contributed by atoms with E-state index in [0.717, 1.165) is 12.3 Å². The first kappa shape index (κ1) is 14.6. The van der Waals surface area contributed by atoms with Gasteiger partial charge >= 0.3 is 0 Å². The van der Waals surface area contributed by atoms with Crippen molar-refractivity contribution < 1.29 is 18.4 Å². The Bertz CT molecular complexity index is 727.